The molecule has 3 aliphatic rings. The van der Waals surface area contributed by atoms with E-state index in [1.54, 1.807) is 4.68 Å². The first-order chi connectivity index (χ1) is 14.0. The van der Waals surface area contributed by atoms with Crippen LogP contribution in [0.25, 0.3) is 0 Å². The minimum absolute atomic E-state index is 0.117. The van der Waals surface area contributed by atoms with Crippen LogP contribution in [0.4, 0.5) is 19.1 Å². The lowest BCUT2D eigenvalue weighted by molar-refractivity contribution is 0.217. The monoisotopic (exact) mass is 402 g/mol. The molecule has 5 rings (SSSR count). The number of aryl methyl sites for hydroxylation is 1. The van der Waals surface area contributed by atoms with Gasteiger partial charge in [-0.3, -0.25) is 0 Å². The molecule has 1 unspecified atom stereocenters. The Kier molecular flexibility index (Phi) is 4.37. The van der Waals surface area contributed by atoms with Gasteiger partial charge in [-0.2, -0.15) is 10.2 Å². The minimum atomic E-state index is -1.45. The SMILES string of the molecule is N#CN1C[C@H]2CC[C@@H](C1)[C@@H]2Nc1nc2n(n1)CCCC2c1ccc(F)c(F)c1F. The molecule has 1 aromatic heterocycles. The van der Waals surface area contributed by atoms with Crippen LogP contribution in [-0.2, 0) is 6.54 Å². The van der Waals surface area contributed by atoms with Crippen LogP contribution in [0.15, 0.2) is 12.1 Å². The number of hydrogen-bond donors (Lipinski definition) is 1. The zero-order valence-electron chi connectivity index (χ0n) is 15.8. The summed E-state index contributed by atoms with van der Waals surface area (Å²) >= 11 is 0. The Labute approximate surface area is 166 Å². The molecule has 9 heteroatoms. The lowest BCUT2D eigenvalue weighted by atomic mass is 9.90. The van der Waals surface area contributed by atoms with Crippen LogP contribution in [0.1, 0.15) is 43.0 Å². The predicted molar refractivity (Wildman–Crippen MR) is 98.2 cm³/mol. The second kappa shape index (κ2) is 6.94. The van der Waals surface area contributed by atoms with Crippen molar-refractivity contribution < 1.29 is 13.2 Å². The Balaban J connectivity index is 1.41. The maximum absolute atomic E-state index is 14.4. The third kappa shape index (κ3) is 3.02. The lowest BCUT2D eigenvalue weighted by Crippen LogP contribution is -2.46. The van der Waals surface area contributed by atoms with Gasteiger partial charge in [-0.25, -0.2) is 17.9 Å². The highest BCUT2D eigenvalue weighted by molar-refractivity contribution is 5.34. The van der Waals surface area contributed by atoms with Crippen molar-refractivity contribution in [2.75, 3.05) is 18.4 Å². The first-order valence-electron chi connectivity index (χ1n) is 10.0. The highest BCUT2D eigenvalue weighted by atomic mass is 19.2. The zero-order chi connectivity index (χ0) is 20.1. The molecule has 152 valence electrons. The predicted octanol–water partition coefficient (Wildman–Crippen LogP) is 3.22. The zero-order valence-corrected chi connectivity index (χ0v) is 15.8. The number of aromatic nitrogens is 3. The van der Waals surface area contributed by atoms with Crippen molar-refractivity contribution >= 4 is 5.95 Å². The van der Waals surface area contributed by atoms with Crippen molar-refractivity contribution in [2.45, 2.75) is 44.2 Å². The second-order valence-electron chi connectivity index (χ2n) is 8.25. The van der Waals surface area contributed by atoms with Crippen molar-refractivity contribution in [3.8, 4) is 6.19 Å². The molecule has 1 aromatic carbocycles. The van der Waals surface area contributed by atoms with E-state index < -0.39 is 23.4 Å². The molecule has 0 spiro atoms. The molecule has 1 N–H and O–H groups in total. The Morgan fingerprint density at radius 3 is 2.55 bits per heavy atom. The van der Waals surface area contributed by atoms with Crippen molar-refractivity contribution in [3.63, 3.8) is 0 Å². The molecule has 2 fully saturated rings. The largest absolute Gasteiger partial charge is 0.350 e. The van der Waals surface area contributed by atoms with Gasteiger partial charge >= 0.3 is 0 Å². The fourth-order valence-electron chi connectivity index (χ4n) is 5.21. The third-order valence-corrected chi connectivity index (χ3v) is 6.59. The molecule has 3 heterocycles. The summed E-state index contributed by atoms with van der Waals surface area (Å²) in [5.74, 6) is -2.44. The normalized spacial score (nSPS) is 28.1. The van der Waals surface area contributed by atoms with E-state index in [9.17, 15) is 18.4 Å². The number of anilines is 1. The molecule has 29 heavy (non-hydrogen) atoms. The maximum Gasteiger partial charge on any atom is 0.242 e. The molecule has 2 aromatic rings. The van der Waals surface area contributed by atoms with Gasteiger partial charge in [-0.15, -0.1) is 5.10 Å². The Morgan fingerprint density at radius 2 is 1.83 bits per heavy atom. The number of piperidine rings is 1. The Hall–Kier alpha value is -2.76. The maximum atomic E-state index is 14.4. The number of rotatable bonds is 3. The average Bonchev–Trinajstić information content (AvgIpc) is 3.23. The van der Waals surface area contributed by atoms with E-state index in [0.29, 0.717) is 36.6 Å². The van der Waals surface area contributed by atoms with Crippen molar-refractivity contribution in [1.29, 1.82) is 5.26 Å². The van der Waals surface area contributed by atoms with Gasteiger partial charge in [0.05, 0.1) is 0 Å². The molecule has 0 radical (unpaired) electrons. The summed E-state index contributed by atoms with van der Waals surface area (Å²) in [5, 5.41) is 17.2. The molecule has 1 saturated heterocycles. The first-order valence-corrected chi connectivity index (χ1v) is 10.0. The minimum Gasteiger partial charge on any atom is -0.350 e. The highest BCUT2D eigenvalue weighted by Crippen LogP contribution is 2.39. The van der Waals surface area contributed by atoms with Crippen LogP contribution in [0.3, 0.4) is 0 Å². The van der Waals surface area contributed by atoms with Gasteiger partial charge in [0.1, 0.15) is 5.82 Å². The average molecular weight is 402 g/mol. The van der Waals surface area contributed by atoms with Gasteiger partial charge in [-0.1, -0.05) is 6.07 Å². The molecular formula is C20H21F3N6. The standard InChI is InChI=1S/C20H21F3N6/c21-15-6-5-13(16(22)17(15)23)14-2-1-7-29-19(14)26-20(27-29)25-18-11-3-4-12(18)9-28(8-11)10-24/h5-6,11-12,14,18H,1-4,7-9H2,(H,25,27)/t11-,12+,14?,18-. The van der Waals surface area contributed by atoms with E-state index in [1.807, 2.05) is 4.90 Å². The fourth-order valence-corrected chi connectivity index (χ4v) is 5.21. The molecule has 2 bridgehead atoms. The molecule has 6 nitrogen and oxygen atoms in total. The van der Waals surface area contributed by atoms with Crippen LogP contribution >= 0.6 is 0 Å². The van der Waals surface area contributed by atoms with Gasteiger partial charge in [0, 0.05) is 37.2 Å². The van der Waals surface area contributed by atoms with E-state index in [0.717, 1.165) is 38.4 Å². The molecule has 4 atom stereocenters. The Morgan fingerprint density at radius 1 is 1.07 bits per heavy atom. The fraction of sp³-hybridized carbons (Fsp3) is 0.550. The van der Waals surface area contributed by atoms with Crippen molar-refractivity contribution in [2.24, 2.45) is 11.8 Å². The van der Waals surface area contributed by atoms with Gasteiger partial charge in [0.25, 0.3) is 0 Å². The molecule has 1 aliphatic carbocycles. The van der Waals surface area contributed by atoms with Gasteiger partial charge < -0.3 is 10.2 Å². The summed E-state index contributed by atoms with van der Waals surface area (Å²) < 4.78 is 43.2. The number of benzene rings is 1. The number of halogens is 3. The number of likely N-dealkylation sites (tertiary alicyclic amines) is 1. The third-order valence-electron chi connectivity index (χ3n) is 6.59. The van der Waals surface area contributed by atoms with Crippen LogP contribution in [0.5, 0.6) is 0 Å². The summed E-state index contributed by atoms with van der Waals surface area (Å²) in [5.41, 5.74) is 0.117. The highest BCUT2D eigenvalue weighted by Gasteiger charge is 2.42. The second-order valence-corrected chi connectivity index (χ2v) is 8.25. The summed E-state index contributed by atoms with van der Waals surface area (Å²) in [6.45, 7) is 2.13. The number of nitrogens with zero attached hydrogens (tertiary/aromatic N) is 5. The summed E-state index contributed by atoms with van der Waals surface area (Å²) in [6.07, 6.45) is 5.73. The number of fused-ring (bicyclic) bond motifs is 3. The lowest BCUT2D eigenvalue weighted by Gasteiger charge is -2.35. The van der Waals surface area contributed by atoms with Crippen molar-refractivity contribution in [1.82, 2.24) is 19.7 Å². The quantitative estimate of drug-likeness (QED) is 0.631. The van der Waals surface area contributed by atoms with E-state index in [2.05, 4.69) is 21.6 Å². The van der Waals surface area contributed by atoms with E-state index in [-0.39, 0.29) is 11.6 Å². The molecule has 0 amide bonds. The van der Waals surface area contributed by atoms with Crippen LogP contribution < -0.4 is 5.32 Å². The van der Waals surface area contributed by atoms with Gasteiger partial charge in [0.2, 0.25) is 5.95 Å². The van der Waals surface area contributed by atoms with Crippen LogP contribution in [0, 0.1) is 40.7 Å². The van der Waals surface area contributed by atoms with Gasteiger partial charge in [-0.05, 0) is 43.6 Å². The van der Waals surface area contributed by atoms with Crippen LogP contribution in [-0.4, -0.2) is 38.8 Å². The molecular weight excluding hydrogens is 381 g/mol. The molecule has 1 saturated carbocycles. The Bertz CT molecular complexity index is 969. The number of nitrogens with one attached hydrogen (secondary N) is 1. The van der Waals surface area contributed by atoms with Crippen molar-refractivity contribution in [3.05, 3.63) is 41.0 Å². The van der Waals surface area contributed by atoms with E-state index >= 15 is 0 Å². The smallest absolute Gasteiger partial charge is 0.242 e. The number of hydrogen-bond acceptors (Lipinski definition) is 5. The summed E-state index contributed by atoms with van der Waals surface area (Å²) in [6, 6.07) is 2.47. The summed E-state index contributed by atoms with van der Waals surface area (Å²) in [7, 11) is 0. The van der Waals surface area contributed by atoms with Gasteiger partial charge in [0.15, 0.2) is 23.6 Å². The molecule has 2 aliphatic heterocycles. The van der Waals surface area contributed by atoms with E-state index in [4.69, 9.17) is 0 Å². The van der Waals surface area contributed by atoms with Crippen LogP contribution in [0.2, 0.25) is 0 Å². The topological polar surface area (TPSA) is 69.8 Å². The van der Waals surface area contributed by atoms with E-state index in [1.165, 1.54) is 6.07 Å². The summed E-state index contributed by atoms with van der Waals surface area (Å²) in [4.78, 5) is 6.42. The first kappa shape index (κ1) is 18.3. The number of nitriles is 1.